The molecule has 4 rings (SSSR count). The van der Waals surface area contributed by atoms with Crippen LogP contribution in [0.1, 0.15) is 56.7 Å². The van der Waals surface area contributed by atoms with Crippen molar-refractivity contribution in [3.8, 4) is 0 Å². The molecule has 5 nitrogen and oxygen atoms in total. The van der Waals surface area contributed by atoms with Gasteiger partial charge in [-0.05, 0) is 86.2 Å². The van der Waals surface area contributed by atoms with Gasteiger partial charge in [0.25, 0.3) is 11.8 Å². The predicted octanol–water partition coefficient (Wildman–Crippen LogP) is 5.41. The number of aromatic nitrogens is 1. The molecule has 0 saturated carbocycles. The first-order valence-corrected chi connectivity index (χ1v) is 12.2. The Bertz CT molecular complexity index is 1160. The highest BCUT2D eigenvalue weighted by Gasteiger charge is 2.19. The number of nitrogens with zero attached hydrogens (tertiary/aromatic N) is 2. The second-order valence-electron chi connectivity index (χ2n) is 8.44. The first kappa shape index (κ1) is 23.1. The number of hydrogen-bond acceptors (Lipinski definition) is 4. The van der Waals surface area contributed by atoms with Crippen LogP contribution in [0.5, 0.6) is 0 Å². The molecular formula is C27H29N3O2S. The van der Waals surface area contributed by atoms with Gasteiger partial charge in [-0.3, -0.25) is 9.59 Å². The smallest absolute Gasteiger partial charge is 0.254 e. The lowest BCUT2D eigenvalue weighted by Gasteiger charge is -2.26. The lowest BCUT2D eigenvalue weighted by atomic mass is 10.1. The molecule has 33 heavy (non-hydrogen) atoms. The quantitative estimate of drug-likeness (QED) is 0.536. The second-order valence-corrected chi connectivity index (χ2v) is 9.50. The topological polar surface area (TPSA) is 62.3 Å². The Morgan fingerprint density at radius 2 is 1.79 bits per heavy atom. The predicted molar refractivity (Wildman–Crippen MR) is 132 cm³/mol. The molecule has 6 heteroatoms. The minimum absolute atomic E-state index is 0.0715. The number of carbonyl (C=O) groups is 2. The van der Waals surface area contributed by atoms with Crippen LogP contribution < -0.4 is 5.32 Å². The van der Waals surface area contributed by atoms with E-state index >= 15 is 0 Å². The Labute approximate surface area is 199 Å². The van der Waals surface area contributed by atoms with Gasteiger partial charge in [0.2, 0.25) is 0 Å². The van der Waals surface area contributed by atoms with Crippen molar-refractivity contribution in [1.82, 2.24) is 15.2 Å². The summed E-state index contributed by atoms with van der Waals surface area (Å²) in [6.07, 6.45) is 5.02. The minimum Gasteiger partial charge on any atom is -0.348 e. The molecule has 0 unspecified atom stereocenters. The molecular weight excluding hydrogens is 430 g/mol. The number of rotatable bonds is 6. The van der Waals surface area contributed by atoms with E-state index in [2.05, 4.69) is 36.3 Å². The van der Waals surface area contributed by atoms with Gasteiger partial charge in [0.05, 0.1) is 5.56 Å². The van der Waals surface area contributed by atoms with E-state index < -0.39 is 0 Å². The van der Waals surface area contributed by atoms with Crippen LogP contribution >= 0.6 is 11.8 Å². The van der Waals surface area contributed by atoms with E-state index in [9.17, 15) is 9.59 Å². The van der Waals surface area contributed by atoms with Crippen molar-refractivity contribution in [2.24, 2.45) is 0 Å². The summed E-state index contributed by atoms with van der Waals surface area (Å²) in [7, 11) is 0. The normalized spacial score (nSPS) is 13.6. The largest absolute Gasteiger partial charge is 0.348 e. The van der Waals surface area contributed by atoms with Gasteiger partial charge in [-0.1, -0.05) is 30.0 Å². The third kappa shape index (κ3) is 5.82. The van der Waals surface area contributed by atoms with E-state index in [0.717, 1.165) is 36.4 Å². The van der Waals surface area contributed by atoms with Crippen molar-refractivity contribution < 1.29 is 9.59 Å². The Hall–Kier alpha value is -3.12. The van der Waals surface area contributed by atoms with Crippen LogP contribution in [0.2, 0.25) is 0 Å². The van der Waals surface area contributed by atoms with E-state index in [1.807, 2.05) is 35.2 Å². The van der Waals surface area contributed by atoms with E-state index in [4.69, 9.17) is 0 Å². The van der Waals surface area contributed by atoms with Gasteiger partial charge in [-0.25, -0.2) is 4.98 Å². The van der Waals surface area contributed by atoms with Crippen molar-refractivity contribution in [1.29, 1.82) is 0 Å². The molecule has 3 aromatic rings. The van der Waals surface area contributed by atoms with E-state index in [1.165, 1.54) is 29.3 Å². The van der Waals surface area contributed by atoms with Crippen LogP contribution in [0.3, 0.4) is 0 Å². The maximum absolute atomic E-state index is 13.0. The zero-order chi connectivity index (χ0) is 23.2. The summed E-state index contributed by atoms with van der Waals surface area (Å²) in [4.78, 5) is 33.2. The molecule has 1 fully saturated rings. The van der Waals surface area contributed by atoms with Crippen LogP contribution in [-0.2, 0) is 6.54 Å². The fourth-order valence-corrected chi connectivity index (χ4v) is 4.88. The number of pyridine rings is 1. The van der Waals surface area contributed by atoms with Crippen molar-refractivity contribution in [3.63, 3.8) is 0 Å². The SMILES string of the molecule is Cc1ccc(Sc2ncccc2C(=O)NCc2cccc(C(=O)N3CCCCC3)c2)cc1C. The van der Waals surface area contributed by atoms with Gasteiger partial charge in [0.15, 0.2) is 0 Å². The van der Waals surface area contributed by atoms with Crippen molar-refractivity contribution in [3.05, 3.63) is 88.6 Å². The Balaban J connectivity index is 1.43. The molecule has 1 aliphatic rings. The fraction of sp³-hybridized carbons (Fsp3) is 0.296. The van der Waals surface area contributed by atoms with Crippen LogP contribution in [-0.4, -0.2) is 34.8 Å². The highest BCUT2D eigenvalue weighted by Crippen LogP contribution is 2.30. The van der Waals surface area contributed by atoms with Gasteiger partial charge in [0.1, 0.15) is 5.03 Å². The number of amides is 2. The Kier molecular flexibility index (Phi) is 7.45. The molecule has 1 N–H and O–H groups in total. The van der Waals surface area contributed by atoms with Crippen LogP contribution in [0.25, 0.3) is 0 Å². The number of hydrogen-bond donors (Lipinski definition) is 1. The van der Waals surface area contributed by atoms with Crippen LogP contribution in [0, 0.1) is 13.8 Å². The molecule has 2 aromatic carbocycles. The maximum Gasteiger partial charge on any atom is 0.254 e. The highest BCUT2D eigenvalue weighted by molar-refractivity contribution is 7.99. The van der Waals surface area contributed by atoms with Crippen molar-refractivity contribution in [2.75, 3.05) is 13.1 Å². The molecule has 1 saturated heterocycles. The molecule has 1 aromatic heterocycles. The Morgan fingerprint density at radius 1 is 0.970 bits per heavy atom. The molecule has 2 amide bonds. The molecule has 2 heterocycles. The molecule has 170 valence electrons. The zero-order valence-electron chi connectivity index (χ0n) is 19.1. The number of nitrogens with one attached hydrogen (secondary N) is 1. The number of piperidine rings is 1. The summed E-state index contributed by atoms with van der Waals surface area (Å²) in [5.41, 5.74) is 4.57. The van der Waals surface area contributed by atoms with Crippen molar-refractivity contribution in [2.45, 2.75) is 49.6 Å². The number of likely N-dealkylation sites (tertiary alicyclic amines) is 1. The molecule has 0 radical (unpaired) electrons. The standard InChI is InChI=1S/C27H29N3O2S/c1-19-11-12-23(16-20(19)2)33-26-24(10-7-13-28-26)25(31)29-18-21-8-6-9-22(17-21)27(32)30-14-4-3-5-15-30/h6-13,16-17H,3-5,14-15,18H2,1-2H3,(H,29,31). The van der Waals surface area contributed by atoms with E-state index in [0.29, 0.717) is 22.7 Å². The Morgan fingerprint density at radius 3 is 2.58 bits per heavy atom. The lowest BCUT2D eigenvalue weighted by molar-refractivity contribution is 0.0724. The van der Waals surface area contributed by atoms with Crippen molar-refractivity contribution >= 4 is 23.6 Å². The summed E-state index contributed by atoms with van der Waals surface area (Å²) < 4.78 is 0. The third-order valence-electron chi connectivity index (χ3n) is 5.98. The first-order valence-electron chi connectivity index (χ1n) is 11.4. The van der Waals surface area contributed by atoms with Gasteiger partial charge in [-0.2, -0.15) is 0 Å². The minimum atomic E-state index is -0.179. The van der Waals surface area contributed by atoms with Crippen LogP contribution in [0.4, 0.5) is 0 Å². The number of carbonyl (C=O) groups excluding carboxylic acids is 2. The highest BCUT2D eigenvalue weighted by atomic mass is 32.2. The molecule has 1 aliphatic heterocycles. The lowest BCUT2D eigenvalue weighted by Crippen LogP contribution is -2.35. The monoisotopic (exact) mass is 459 g/mol. The van der Waals surface area contributed by atoms with Gasteiger partial charge in [-0.15, -0.1) is 0 Å². The third-order valence-corrected chi connectivity index (χ3v) is 6.99. The summed E-state index contributed by atoms with van der Waals surface area (Å²) in [5.74, 6) is -0.107. The first-order chi connectivity index (χ1) is 16.0. The van der Waals surface area contributed by atoms with Gasteiger partial charge >= 0.3 is 0 Å². The van der Waals surface area contributed by atoms with E-state index in [1.54, 1.807) is 18.3 Å². The average molecular weight is 460 g/mol. The summed E-state index contributed by atoms with van der Waals surface area (Å²) in [5, 5.41) is 3.66. The average Bonchev–Trinajstić information content (AvgIpc) is 2.85. The maximum atomic E-state index is 13.0. The molecule has 0 atom stereocenters. The molecule has 0 spiro atoms. The summed E-state index contributed by atoms with van der Waals surface area (Å²) in [6.45, 7) is 6.15. The van der Waals surface area contributed by atoms with Gasteiger partial charge < -0.3 is 10.2 Å². The van der Waals surface area contributed by atoms with E-state index in [-0.39, 0.29) is 11.8 Å². The molecule has 0 aliphatic carbocycles. The summed E-state index contributed by atoms with van der Waals surface area (Å²) >= 11 is 1.49. The van der Waals surface area contributed by atoms with Gasteiger partial charge in [0, 0.05) is 36.3 Å². The number of aryl methyl sites for hydroxylation is 2. The number of benzene rings is 2. The fourth-order valence-electron chi connectivity index (χ4n) is 3.91. The molecule has 0 bridgehead atoms. The van der Waals surface area contributed by atoms with Crippen LogP contribution in [0.15, 0.2) is 70.7 Å². The summed E-state index contributed by atoms with van der Waals surface area (Å²) in [6, 6.07) is 17.4. The second kappa shape index (κ2) is 10.7. The zero-order valence-corrected chi connectivity index (χ0v) is 20.0.